The Morgan fingerprint density at radius 2 is 2.00 bits per heavy atom. The number of nitrogens with two attached hydrogens (primary N) is 1. The molecule has 1 fully saturated rings. The summed E-state index contributed by atoms with van der Waals surface area (Å²) in [4.78, 5) is 1.28. The van der Waals surface area contributed by atoms with Crippen molar-refractivity contribution in [2.24, 2.45) is 0 Å². The zero-order valence-corrected chi connectivity index (χ0v) is 10.3. The molecule has 16 heavy (non-hydrogen) atoms. The minimum Gasteiger partial charge on any atom is -0.386 e. The SMILES string of the molecule is CN(C[C@@H](O)C[NH+]1CC[NH2+]CC1)S(=O)(=O)O. The first-order chi connectivity index (χ1) is 7.39. The highest BCUT2D eigenvalue weighted by molar-refractivity contribution is 7.83. The second-order valence-electron chi connectivity index (χ2n) is 4.23. The normalized spacial score (nSPS) is 21.2. The van der Waals surface area contributed by atoms with E-state index in [1.165, 1.54) is 11.9 Å². The first-order valence-corrected chi connectivity index (χ1v) is 6.81. The van der Waals surface area contributed by atoms with Gasteiger partial charge in [-0.1, -0.05) is 0 Å². The van der Waals surface area contributed by atoms with Gasteiger partial charge in [0.05, 0.1) is 0 Å². The summed E-state index contributed by atoms with van der Waals surface area (Å²) in [6, 6.07) is 0. The van der Waals surface area contributed by atoms with Crippen LogP contribution in [0.1, 0.15) is 0 Å². The summed E-state index contributed by atoms with van der Waals surface area (Å²) >= 11 is 0. The highest BCUT2D eigenvalue weighted by atomic mass is 32.2. The van der Waals surface area contributed by atoms with Crippen molar-refractivity contribution >= 4 is 10.3 Å². The summed E-state index contributed by atoms with van der Waals surface area (Å²) in [7, 11) is -2.93. The lowest BCUT2D eigenvalue weighted by Gasteiger charge is -2.25. The lowest BCUT2D eigenvalue weighted by Crippen LogP contribution is -3.21. The number of aliphatic hydroxyl groups is 1. The number of hydrogen-bond donors (Lipinski definition) is 4. The van der Waals surface area contributed by atoms with Crippen molar-refractivity contribution in [3.8, 4) is 0 Å². The molecule has 0 spiro atoms. The van der Waals surface area contributed by atoms with Crippen LogP contribution in [-0.2, 0) is 10.3 Å². The largest absolute Gasteiger partial charge is 0.386 e. The summed E-state index contributed by atoms with van der Waals surface area (Å²) in [6.07, 6.45) is -0.736. The number of piperazine rings is 1. The van der Waals surface area contributed by atoms with E-state index in [-0.39, 0.29) is 6.54 Å². The Morgan fingerprint density at radius 3 is 2.50 bits per heavy atom. The molecule has 1 rings (SSSR count). The number of nitrogens with one attached hydrogen (secondary N) is 1. The molecule has 0 amide bonds. The van der Waals surface area contributed by atoms with Crippen LogP contribution in [0.3, 0.4) is 0 Å². The molecular weight excluding hydrogens is 234 g/mol. The van der Waals surface area contributed by atoms with Crippen molar-refractivity contribution < 1.29 is 28.3 Å². The molecule has 0 aromatic heterocycles. The lowest BCUT2D eigenvalue weighted by molar-refractivity contribution is -0.949. The van der Waals surface area contributed by atoms with Crippen LogP contribution in [0, 0.1) is 0 Å². The minimum atomic E-state index is -4.18. The number of nitrogens with zero attached hydrogens (tertiary/aromatic N) is 1. The average molecular weight is 255 g/mol. The second kappa shape index (κ2) is 5.89. The third-order valence-corrected chi connectivity index (χ3v) is 3.73. The fourth-order valence-corrected chi connectivity index (χ4v) is 2.24. The Bertz CT molecular complexity index is 302. The summed E-state index contributed by atoms with van der Waals surface area (Å²) in [6.45, 7) is 4.49. The fourth-order valence-electron chi connectivity index (χ4n) is 1.87. The Kier molecular flexibility index (Phi) is 5.09. The van der Waals surface area contributed by atoms with Gasteiger partial charge in [0, 0.05) is 13.6 Å². The van der Waals surface area contributed by atoms with Gasteiger partial charge in [0.1, 0.15) is 38.8 Å². The van der Waals surface area contributed by atoms with Crippen LogP contribution in [0.15, 0.2) is 0 Å². The molecule has 1 aliphatic rings. The van der Waals surface area contributed by atoms with E-state index in [1.54, 1.807) is 0 Å². The Labute approximate surface area is 95.9 Å². The van der Waals surface area contributed by atoms with Gasteiger partial charge in [-0.3, -0.25) is 4.55 Å². The van der Waals surface area contributed by atoms with E-state index >= 15 is 0 Å². The van der Waals surface area contributed by atoms with Gasteiger partial charge in [0.25, 0.3) is 0 Å². The van der Waals surface area contributed by atoms with Crippen LogP contribution >= 0.6 is 0 Å². The van der Waals surface area contributed by atoms with Gasteiger partial charge in [-0.2, -0.15) is 12.7 Å². The van der Waals surface area contributed by atoms with Crippen LogP contribution in [-0.4, -0.2) is 74.8 Å². The van der Waals surface area contributed by atoms with Crippen molar-refractivity contribution in [3.63, 3.8) is 0 Å². The van der Waals surface area contributed by atoms with Crippen molar-refractivity contribution in [2.45, 2.75) is 6.10 Å². The van der Waals surface area contributed by atoms with Crippen molar-refractivity contribution in [3.05, 3.63) is 0 Å². The van der Waals surface area contributed by atoms with Gasteiger partial charge in [0.15, 0.2) is 0 Å². The smallest absolute Gasteiger partial charge is 0.335 e. The lowest BCUT2D eigenvalue weighted by atomic mass is 10.3. The number of aliphatic hydroxyl groups excluding tert-OH is 1. The van der Waals surface area contributed by atoms with E-state index in [4.69, 9.17) is 4.55 Å². The molecule has 96 valence electrons. The molecule has 7 nitrogen and oxygen atoms in total. The summed E-state index contributed by atoms with van der Waals surface area (Å²) in [5.41, 5.74) is 0. The van der Waals surface area contributed by atoms with Crippen molar-refractivity contribution in [1.29, 1.82) is 0 Å². The average Bonchev–Trinajstić information content (AvgIpc) is 2.17. The number of hydrogen-bond acceptors (Lipinski definition) is 3. The highest BCUT2D eigenvalue weighted by Crippen LogP contribution is 1.93. The number of likely N-dealkylation sites (N-methyl/N-ethyl adjacent to an activating group) is 1. The van der Waals surface area contributed by atoms with Gasteiger partial charge in [-0.25, -0.2) is 0 Å². The topological polar surface area (TPSA) is 98.9 Å². The fraction of sp³-hybridized carbons (Fsp3) is 1.00. The standard InChI is InChI=1S/C8H19N3O4S/c1-10(16(13,14)15)6-8(12)7-11-4-2-9-3-5-11/h8-9,12H,2-7H2,1H3,(H,13,14,15)/p+2/t8-/m1/s1. The predicted octanol–water partition coefficient (Wildman–Crippen LogP) is -4.46. The van der Waals surface area contributed by atoms with Gasteiger partial charge in [0.2, 0.25) is 0 Å². The molecule has 8 heteroatoms. The molecule has 0 aliphatic carbocycles. The van der Waals surface area contributed by atoms with Gasteiger partial charge in [-0.15, -0.1) is 0 Å². The molecule has 0 saturated carbocycles. The van der Waals surface area contributed by atoms with Crippen LogP contribution in [0.2, 0.25) is 0 Å². The molecule has 5 N–H and O–H groups in total. The maximum absolute atomic E-state index is 10.7. The minimum absolute atomic E-state index is 0.0634. The van der Waals surface area contributed by atoms with Gasteiger partial charge in [-0.05, 0) is 0 Å². The Hall–Kier alpha value is -0.250. The monoisotopic (exact) mass is 255 g/mol. The van der Waals surface area contributed by atoms with Crippen molar-refractivity contribution in [2.75, 3.05) is 46.3 Å². The third kappa shape index (κ3) is 4.73. The van der Waals surface area contributed by atoms with E-state index < -0.39 is 16.4 Å². The second-order valence-corrected chi connectivity index (χ2v) is 5.75. The van der Waals surface area contributed by atoms with E-state index in [0.717, 1.165) is 30.5 Å². The molecule has 0 aromatic carbocycles. The zero-order chi connectivity index (χ0) is 12.2. The summed E-state index contributed by atoms with van der Waals surface area (Å²) in [5.74, 6) is 0. The summed E-state index contributed by atoms with van der Waals surface area (Å²) < 4.78 is 30.9. The third-order valence-electron chi connectivity index (χ3n) is 2.79. The molecule has 1 saturated heterocycles. The summed E-state index contributed by atoms with van der Waals surface area (Å²) in [5, 5.41) is 11.9. The molecular formula is C8H21N3O4S+2. The molecule has 0 aromatic rings. The molecule has 1 atom stereocenters. The van der Waals surface area contributed by atoms with E-state index in [0.29, 0.717) is 6.54 Å². The molecule has 0 bridgehead atoms. The van der Waals surface area contributed by atoms with Crippen LogP contribution < -0.4 is 10.2 Å². The maximum Gasteiger partial charge on any atom is 0.335 e. The first kappa shape index (κ1) is 13.8. The Morgan fingerprint density at radius 1 is 1.44 bits per heavy atom. The Balaban J connectivity index is 2.32. The quantitative estimate of drug-likeness (QED) is 0.372. The van der Waals surface area contributed by atoms with E-state index in [2.05, 4.69) is 5.32 Å². The zero-order valence-electron chi connectivity index (χ0n) is 9.46. The molecule has 1 heterocycles. The van der Waals surface area contributed by atoms with Crippen LogP contribution in [0.25, 0.3) is 0 Å². The molecule has 1 aliphatic heterocycles. The first-order valence-electron chi connectivity index (χ1n) is 5.41. The van der Waals surface area contributed by atoms with Crippen LogP contribution in [0.4, 0.5) is 0 Å². The van der Waals surface area contributed by atoms with Gasteiger partial charge >= 0.3 is 10.3 Å². The highest BCUT2D eigenvalue weighted by Gasteiger charge is 2.23. The predicted molar refractivity (Wildman–Crippen MR) is 57.4 cm³/mol. The van der Waals surface area contributed by atoms with Gasteiger partial charge < -0.3 is 15.3 Å². The number of rotatable bonds is 5. The van der Waals surface area contributed by atoms with E-state index in [9.17, 15) is 13.5 Å². The maximum atomic E-state index is 10.7. The van der Waals surface area contributed by atoms with Crippen molar-refractivity contribution in [1.82, 2.24) is 4.31 Å². The van der Waals surface area contributed by atoms with E-state index in [1.807, 2.05) is 0 Å². The number of quaternary nitrogens is 2. The molecule has 0 unspecified atom stereocenters. The molecule has 0 radical (unpaired) electrons. The van der Waals surface area contributed by atoms with Crippen LogP contribution in [0.5, 0.6) is 0 Å².